The second kappa shape index (κ2) is 6.38. The molecule has 1 saturated heterocycles. The lowest BCUT2D eigenvalue weighted by Crippen LogP contribution is -2.47. The normalized spacial score (nSPS) is 35.5. The molecule has 2 rings (SSSR count). The molecule has 3 unspecified atom stereocenters. The van der Waals surface area contributed by atoms with E-state index in [0.717, 1.165) is 29.8 Å². The third-order valence-corrected chi connectivity index (χ3v) is 5.13. The summed E-state index contributed by atoms with van der Waals surface area (Å²) in [5.74, 6) is 2.60. The Morgan fingerprint density at radius 3 is 2.22 bits per heavy atom. The summed E-state index contributed by atoms with van der Waals surface area (Å²) in [6.07, 6.45) is 5.52. The summed E-state index contributed by atoms with van der Waals surface area (Å²) in [5.41, 5.74) is 0. The first kappa shape index (κ1) is 14.3. The highest BCUT2D eigenvalue weighted by Crippen LogP contribution is 2.32. The van der Waals surface area contributed by atoms with Crippen LogP contribution in [0.5, 0.6) is 0 Å². The van der Waals surface area contributed by atoms with Crippen molar-refractivity contribution in [2.75, 3.05) is 19.6 Å². The van der Waals surface area contributed by atoms with E-state index in [1.165, 1.54) is 45.3 Å². The standard InChI is InChI=1S/C16H32N2/c1-12(2)11-18-9-7-15(8-10-18)17-16-6-5-13(3)14(16)4/h12-17H,5-11H2,1-4H3. The molecule has 0 aromatic heterocycles. The Kier molecular flexibility index (Phi) is 5.08. The summed E-state index contributed by atoms with van der Waals surface area (Å²) in [6.45, 7) is 13.4. The van der Waals surface area contributed by atoms with Crippen molar-refractivity contribution in [2.24, 2.45) is 17.8 Å². The van der Waals surface area contributed by atoms with Gasteiger partial charge in [-0.25, -0.2) is 0 Å². The number of likely N-dealkylation sites (tertiary alicyclic amines) is 1. The highest BCUT2D eigenvalue weighted by Gasteiger charge is 2.31. The maximum atomic E-state index is 3.95. The Labute approximate surface area is 114 Å². The van der Waals surface area contributed by atoms with Crippen molar-refractivity contribution in [3.8, 4) is 0 Å². The van der Waals surface area contributed by atoms with E-state index >= 15 is 0 Å². The average Bonchev–Trinajstić information content (AvgIpc) is 2.63. The molecule has 0 amide bonds. The minimum Gasteiger partial charge on any atom is -0.311 e. The zero-order valence-corrected chi connectivity index (χ0v) is 12.8. The predicted octanol–water partition coefficient (Wildman–Crippen LogP) is 3.13. The van der Waals surface area contributed by atoms with E-state index < -0.39 is 0 Å². The van der Waals surface area contributed by atoms with Gasteiger partial charge in [-0.2, -0.15) is 0 Å². The molecule has 0 spiro atoms. The summed E-state index contributed by atoms with van der Waals surface area (Å²) in [7, 11) is 0. The number of hydrogen-bond acceptors (Lipinski definition) is 2. The van der Waals surface area contributed by atoms with Crippen molar-refractivity contribution in [2.45, 2.75) is 65.5 Å². The second-order valence-corrected chi connectivity index (χ2v) is 7.16. The number of rotatable bonds is 4. The van der Waals surface area contributed by atoms with Crippen LogP contribution in [0.25, 0.3) is 0 Å². The van der Waals surface area contributed by atoms with Gasteiger partial charge in [0.2, 0.25) is 0 Å². The van der Waals surface area contributed by atoms with Crippen molar-refractivity contribution in [3.05, 3.63) is 0 Å². The fraction of sp³-hybridized carbons (Fsp3) is 1.00. The number of nitrogens with zero attached hydrogens (tertiary/aromatic N) is 1. The highest BCUT2D eigenvalue weighted by atomic mass is 15.1. The zero-order valence-electron chi connectivity index (χ0n) is 12.8. The van der Waals surface area contributed by atoms with Gasteiger partial charge in [-0.1, -0.05) is 27.7 Å². The highest BCUT2D eigenvalue weighted by molar-refractivity contribution is 4.89. The molecule has 1 N–H and O–H groups in total. The minimum absolute atomic E-state index is 0.783. The van der Waals surface area contributed by atoms with E-state index in [4.69, 9.17) is 0 Å². The minimum atomic E-state index is 0.783. The molecule has 2 fully saturated rings. The number of nitrogens with one attached hydrogen (secondary N) is 1. The van der Waals surface area contributed by atoms with Crippen LogP contribution < -0.4 is 5.32 Å². The Hall–Kier alpha value is -0.0800. The summed E-state index contributed by atoms with van der Waals surface area (Å²) >= 11 is 0. The summed E-state index contributed by atoms with van der Waals surface area (Å²) in [4.78, 5) is 2.64. The fourth-order valence-corrected chi connectivity index (χ4v) is 3.70. The van der Waals surface area contributed by atoms with Gasteiger partial charge in [0, 0.05) is 18.6 Å². The van der Waals surface area contributed by atoms with Gasteiger partial charge < -0.3 is 10.2 Å². The molecule has 18 heavy (non-hydrogen) atoms. The van der Waals surface area contributed by atoms with E-state index in [9.17, 15) is 0 Å². The van der Waals surface area contributed by atoms with Crippen molar-refractivity contribution in [1.29, 1.82) is 0 Å². The van der Waals surface area contributed by atoms with Gasteiger partial charge in [-0.15, -0.1) is 0 Å². The SMILES string of the molecule is CC(C)CN1CCC(NC2CCC(C)C2C)CC1. The number of piperidine rings is 1. The molecule has 0 radical (unpaired) electrons. The van der Waals surface area contributed by atoms with Crippen LogP contribution in [0, 0.1) is 17.8 Å². The lowest BCUT2D eigenvalue weighted by molar-refractivity contribution is 0.169. The van der Waals surface area contributed by atoms with Gasteiger partial charge in [0.1, 0.15) is 0 Å². The molecule has 1 heterocycles. The quantitative estimate of drug-likeness (QED) is 0.827. The first-order valence-corrected chi connectivity index (χ1v) is 8.04. The van der Waals surface area contributed by atoms with E-state index in [2.05, 4.69) is 37.9 Å². The van der Waals surface area contributed by atoms with Crippen LogP contribution in [0.2, 0.25) is 0 Å². The lowest BCUT2D eigenvalue weighted by Gasteiger charge is -2.35. The van der Waals surface area contributed by atoms with Crippen LogP contribution in [0.4, 0.5) is 0 Å². The zero-order chi connectivity index (χ0) is 13.1. The van der Waals surface area contributed by atoms with Crippen molar-refractivity contribution < 1.29 is 0 Å². The molecule has 2 nitrogen and oxygen atoms in total. The van der Waals surface area contributed by atoms with Gasteiger partial charge in [0.05, 0.1) is 0 Å². The molecular weight excluding hydrogens is 220 g/mol. The molecule has 0 aromatic rings. The van der Waals surface area contributed by atoms with Gasteiger partial charge in [-0.3, -0.25) is 0 Å². The Balaban J connectivity index is 1.70. The van der Waals surface area contributed by atoms with Crippen molar-refractivity contribution in [3.63, 3.8) is 0 Å². The maximum Gasteiger partial charge on any atom is 0.00979 e. The molecule has 1 aliphatic heterocycles. The topological polar surface area (TPSA) is 15.3 Å². The van der Waals surface area contributed by atoms with E-state index in [0.29, 0.717) is 0 Å². The summed E-state index contributed by atoms with van der Waals surface area (Å²) in [6, 6.07) is 1.58. The lowest BCUT2D eigenvalue weighted by atomic mass is 9.95. The first-order valence-electron chi connectivity index (χ1n) is 8.04. The smallest absolute Gasteiger partial charge is 0.00979 e. The molecule has 1 saturated carbocycles. The Morgan fingerprint density at radius 2 is 1.72 bits per heavy atom. The molecule has 0 aromatic carbocycles. The first-order chi connectivity index (χ1) is 8.56. The monoisotopic (exact) mass is 252 g/mol. The van der Waals surface area contributed by atoms with Crippen LogP contribution in [-0.2, 0) is 0 Å². The molecule has 3 atom stereocenters. The summed E-state index contributed by atoms with van der Waals surface area (Å²) in [5, 5.41) is 3.95. The third-order valence-electron chi connectivity index (χ3n) is 5.13. The second-order valence-electron chi connectivity index (χ2n) is 7.16. The largest absolute Gasteiger partial charge is 0.311 e. The third kappa shape index (κ3) is 3.71. The van der Waals surface area contributed by atoms with Gasteiger partial charge in [0.15, 0.2) is 0 Å². The van der Waals surface area contributed by atoms with Crippen LogP contribution in [0.3, 0.4) is 0 Å². The fourth-order valence-electron chi connectivity index (χ4n) is 3.70. The molecule has 2 aliphatic rings. The molecule has 106 valence electrons. The van der Waals surface area contributed by atoms with Gasteiger partial charge in [0.25, 0.3) is 0 Å². The molecule has 0 bridgehead atoms. The Morgan fingerprint density at radius 1 is 1.06 bits per heavy atom. The summed E-state index contributed by atoms with van der Waals surface area (Å²) < 4.78 is 0. The van der Waals surface area contributed by atoms with Crippen LogP contribution >= 0.6 is 0 Å². The number of hydrogen-bond donors (Lipinski definition) is 1. The van der Waals surface area contributed by atoms with Crippen LogP contribution in [-0.4, -0.2) is 36.6 Å². The van der Waals surface area contributed by atoms with E-state index in [1.54, 1.807) is 0 Å². The Bertz CT molecular complexity index is 243. The maximum absolute atomic E-state index is 3.95. The average molecular weight is 252 g/mol. The van der Waals surface area contributed by atoms with Crippen molar-refractivity contribution in [1.82, 2.24) is 10.2 Å². The van der Waals surface area contributed by atoms with E-state index in [1.807, 2.05) is 0 Å². The van der Waals surface area contributed by atoms with Gasteiger partial charge >= 0.3 is 0 Å². The molecule has 2 heteroatoms. The van der Waals surface area contributed by atoms with Gasteiger partial charge in [-0.05, 0) is 56.5 Å². The van der Waals surface area contributed by atoms with Crippen LogP contribution in [0.15, 0.2) is 0 Å². The molecular formula is C16H32N2. The van der Waals surface area contributed by atoms with Crippen LogP contribution in [0.1, 0.15) is 53.4 Å². The molecule has 1 aliphatic carbocycles. The van der Waals surface area contributed by atoms with E-state index in [-0.39, 0.29) is 0 Å². The van der Waals surface area contributed by atoms with Crippen molar-refractivity contribution >= 4 is 0 Å². The predicted molar refractivity (Wildman–Crippen MR) is 78.8 cm³/mol.